The van der Waals surface area contributed by atoms with Crippen LogP contribution in [0, 0.1) is 6.92 Å². The fraction of sp³-hybridized carbons (Fsp3) is 0.115. The number of carbonyl (C=O) groups excluding carboxylic acids is 2. The first kappa shape index (κ1) is 26.2. The predicted octanol–water partition coefficient (Wildman–Crippen LogP) is 6.54. The summed E-state index contributed by atoms with van der Waals surface area (Å²) in [4.78, 5) is 25.9. The number of nitrogens with zero attached hydrogens (tertiary/aromatic N) is 1. The molecule has 0 spiro atoms. The molecule has 0 radical (unpaired) electrons. The number of methoxy groups -OCH3 is 1. The topological polar surface area (TPSA) is 67.9 Å². The number of benzene rings is 3. The molecular weight excluding hydrogens is 584 g/mol. The summed E-state index contributed by atoms with van der Waals surface area (Å²) in [6.45, 7) is 2.41. The zero-order chi connectivity index (χ0) is 25.8. The van der Waals surface area contributed by atoms with Crippen LogP contribution in [0.1, 0.15) is 27.0 Å². The molecule has 4 rings (SSSR count). The molecule has 0 aromatic heterocycles. The van der Waals surface area contributed by atoms with E-state index in [1.54, 1.807) is 37.5 Å². The van der Waals surface area contributed by atoms with E-state index in [1.165, 1.54) is 11.6 Å². The highest BCUT2D eigenvalue weighted by molar-refractivity contribution is 9.10. The highest BCUT2D eigenvalue weighted by Crippen LogP contribution is 2.39. The molecule has 1 saturated heterocycles. The third-order valence-electron chi connectivity index (χ3n) is 5.15. The molecule has 36 heavy (non-hydrogen) atoms. The van der Waals surface area contributed by atoms with E-state index >= 15 is 0 Å². The molecule has 184 valence electrons. The Hall–Kier alpha value is -2.85. The van der Waals surface area contributed by atoms with Crippen molar-refractivity contribution in [3.8, 4) is 11.5 Å². The van der Waals surface area contributed by atoms with Gasteiger partial charge in [0.05, 0.1) is 16.5 Å². The summed E-state index contributed by atoms with van der Waals surface area (Å²) in [5.41, 5.74) is 5.77. The second-order valence-corrected chi connectivity index (χ2v) is 10.7. The van der Waals surface area contributed by atoms with Crippen LogP contribution in [-0.2, 0) is 11.4 Å². The first-order valence-electron chi connectivity index (χ1n) is 10.7. The van der Waals surface area contributed by atoms with Crippen molar-refractivity contribution in [3.63, 3.8) is 0 Å². The van der Waals surface area contributed by atoms with Gasteiger partial charge >= 0.3 is 0 Å². The number of hydrazine groups is 1. The van der Waals surface area contributed by atoms with Crippen LogP contribution in [0.25, 0.3) is 6.08 Å². The first-order chi connectivity index (χ1) is 17.2. The highest BCUT2D eigenvalue weighted by Gasteiger charge is 2.34. The fourth-order valence-corrected chi connectivity index (χ4v) is 5.26. The van der Waals surface area contributed by atoms with E-state index in [2.05, 4.69) is 21.4 Å². The zero-order valence-corrected chi connectivity index (χ0v) is 23.2. The lowest BCUT2D eigenvalue weighted by atomic mass is 10.1. The van der Waals surface area contributed by atoms with Gasteiger partial charge in [-0.05, 0) is 82.6 Å². The lowest BCUT2D eigenvalue weighted by Crippen LogP contribution is -2.44. The van der Waals surface area contributed by atoms with Crippen molar-refractivity contribution in [3.05, 3.63) is 97.3 Å². The van der Waals surface area contributed by atoms with Crippen molar-refractivity contribution in [1.29, 1.82) is 0 Å². The van der Waals surface area contributed by atoms with Gasteiger partial charge in [-0.25, -0.2) is 0 Å². The van der Waals surface area contributed by atoms with Crippen LogP contribution in [-0.4, -0.2) is 28.3 Å². The van der Waals surface area contributed by atoms with Gasteiger partial charge in [0.15, 0.2) is 15.8 Å². The van der Waals surface area contributed by atoms with Crippen LogP contribution >= 0.6 is 51.5 Å². The van der Waals surface area contributed by atoms with Crippen LogP contribution in [0.4, 0.5) is 0 Å². The smallest absolute Gasteiger partial charge is 0.285 e. The number of nitrogens with one attached hydrogen (secondary N) is 1. The molecular formula is C26H20BrClN2O4S2. The monoisotopic (exact) mass is 602 g/mol. The second-order valence-electron chi connectivity index (χ2n) is 7.78. The Bertz CT molecular complexity index is 1380. The van der Waals surface area contributed by atoms with Crippen molar-refractivity contribution < 1.29 is 19.1 Å². The summed E-state index contributed by atoms with van der Waals surface area (Å²) in [5, 5.41) is 1.47. The Morgan fingerprint density at radius 2 is 1.94 bits per heavy atom. The maximum Gasteiger partial charge on any atom is 0.285 e. The van der Waals surface area contributed by atoms with Gasteiger partial charge in [0.2, 0.25) is 0 Å². The summed E-state index contributed by atoms with van der Waals surface area (Å²) >= 11 is 15.9. The van der Waals surface area contributed by atoms with E-state index in [1.807, 2.05) is 37.3 Å². The normalized spacial score (nSPS) is 14.3. The number of halogens is 2. The highest BCUT2D eigenvalue weighted by atomic mass is 79.9. The SMILES string of the molecule is COc1cc(/C=C2\SC(=S)N(NC(=O)c3cccc(Cl)c3)C2=O)cc(Br)c1OCc1ccc(C)cc1. The molecule has 1 N–H and O–H groups in total. The number of aryl methyl sites for hydroxylation is 1. The summed E-state index contributed by atoms with van der Waals surface area (Å²) in [7, 11) is 1.55. The Labute approximate surface area is 231 Å². The third-order valence-corrected chi connectivity index (χ3v) is 7.27. The van der Waals surface area contributed by atoms with Crippen LogP contribution in [0.15, 0.2) is 70.0 Å². The maximum absolute atomic E-state index is 13.0. The number of carbonyl (C=O) groups is 2. The quantitative estimate of drug-likeness (QED) is 0.244. The number of rotatable bonds is 7. The minimum absolute atomic E-state index is 0.214. The third kappa shape index (κ3) is 6.10. The molecule has 0 saturated carbocycles. The van der Waals surface area contributed by atoms with E-state index in [9.17, 15) is 9.59 Å². The minimum atomic E-state index is -0.491. The molecule has 6 nitrogen and oxygen atoms in total. The molecule has 1 heterocycles. The molecule has 0 aliphatic carbocycles. The molecule has 0 bridgehead atoms. The molecule has 10 heteroatoms. The summed E-state index contributed by atoms with van der Waals surface area (Å²) < 4.78 is 12.4. The van der Waals surface area contributed by atoms with Crippen molar-refractivity contribution in [2.24, 2.45) is 0 Å². The maximum atomic E-state index is 13.0. The van der Waals surface area contributed by atoms with Gasteiger partial charge in [-0.15, -0.1) is 0 Å². The average molecular weight is 604 g/mol. The van der Waals surface area contributed by atoms with Crippen LogP contribution in [0.3, 0.4) is 0 Å². The summed E-state index contributed by atoms with van der Waals surface area (Å²) in [5.74, 6) is 0.133. The summed E-state index contributed by atoms with van der Waals surface area (Å²) in [6, 6.07) is 18.1. The van der Waals surface area contributed by atoms with Gasteiger partial charge in [-0.1, -0.05) is 59.3 Å². The molecule has 3 aromatic carbocycles. The van der Waals surface area contributed by atoms with Gasteiger partial charge < -0.3 is 9.47 Å². The van der Waals surface area contributed by atoms with E-state index < -0.39 is 11.8 Å². The number of amides is 2. The van der Waals surface area contributed by atoms with E-state index in [4.69, 9.17) is 33.3 Å². The Balaban J connectivity index is 1.51. The fourth-order valence-electron chi connectivity index (χ4n) is 3.31. The molecule has 0 unspecified atom stereocenters. The van der Waals surface area contributed by atoms with Gasteiger partial charge in [0, 0.05) is 10.6 Å². The molecule has 0 atom stereocenters. The van der Waals surface area contributed by atoms with Crippen molar-refractivity contribution in [1.82, 2.24) is 10.4 Å². The van der Waals surface area contributed by atoms with E-state index in [0.29, 0.717) is 43.6 Å². The lowest BCUT2D eigenvalue weighted by Gasteiger charge is -2.15. The van der Waals surface area contributed by atoms with Gasteiger partial charge in [-0.2, -0.15) is 5.01 Å². The molecule has 3 aromatic rings. The Kier molecular flexibility index (Phi) is 8.35. The molecule has 1 aliphatic rings. The molecule has 1 fully saturated rings. The Morgan fingerprint density at radius 1 is 1.19 bits per heavy atom. The lowest BCUT2D eigenvalue weighted by molar-refractivity contribution is -0.123. The number of ether oxygens (including phenoxy) is 2. The number of hydrogen-bond donors (Lipinski definition) is 1. The summed E-state index contributed by atoms with van der Waals surface area (Å²) in [6.07, 6.45) is 1.68. The van der Waals surface area contributed by atoms with Crippen LogP contribution < -0.4 is 14.9 Å². The van der Waals surface area contributed by atoms with Crippen molar-refractivity contribution in [2.75, 3.05) is 7.11 Å². The molecule has 2 amide bonds. The van der Waals surface area contributed by atoms with E-state index in [-0.39, 0.29) is 4.32 Å². The average Bonchev–Trinajstić information content (AvgIpc) is 3.11. The van der Waals surface area contributed by atoms with Crippen molar-refractivity contribution in [2.45, 2.75) is 13.5 Å². The molecule has 1 aliphatic heterocycles. The number of hydrogen-bond acceptors (Lipinski definition) is 6. The minimum Gasteiger partial charge on any atom is -0.493 e. The van der Waals surface area contributed by atoms with Gasteiger partial charge in [0.1, 0.15) is 6.61 Å². The predicted molar refractivity (Wildman–Crippen MR) is 150 cm³/mol. The first-order valence-corrected chi connectivity index (χ1v) is 13.0. The van der Waals surface area contributed by atoms with E-state index in [0.717, 1.165) is 22.3 Å². The number of thiocarbonyl (C=S) groups is 1. The van der Waals surface area contributed by atoms with Gasteiger partial charge in [-0.3, -0.25) is 15.0 Å². The van der Waals surface area contributed by atoms with Gasteiger partial charge in [0.25, 0.3) is 11.8 Å². The second kappa shape index (κ2) is 11.5. The number of thioether (sulfide) groups is 1. The Morgan fingerprint density at radius 3 is 2.64 bits per heavy atom. The van der Waals surface area contributed by atoms with Crippen LogP contribution in [0.5, 0.6) is 11.5 Å². The standard InChI is InChI=1S/C26H20BrClN2O4S2/c1-15-6-8-16(9-7-15)14-34-23-20(27)10-17(11-21(23)33-2)12-22-25(32)30(26(35)36-22)29-24(31)18-4-3-5-19(28)13-18/h3-13H,14H2,1-2H3,(H,29,31)/b22-12-. The van der Waals surface area contributed by atoms with Crippen LogP contribution in [0.2, 0.25) is 5.02 Å². The zero-order valence-electron chi connectivity index (χ0n) is 19.2. The largest absolute Gasteiger partial charge is 0.493 e. The van der Waals surface area contributed by atoms with Crippen molar-refractivity contribution >= 4 is 73.7 Å².